The Bertz CT molecular complexity index is 761. The van der Waals surface area contributed by atoms with Gasteiger partial charge in [-0.2, -0.15) is 4.72 Å². The van der Waals surface area contributed by atoms with Crippen molar-refractivity contribution in [3.63, 3.8) is 0 Å². The van der Waals surface area contributed by atoms with Crippen LogP contribution in [0.1, 0.15) is 34.1 Å². The van der Waals surface area contributed by atoms with E-state index in [1.54, 1.807) is 32.3 Å². The lowest BCUT2D eigenvalue weighted by Crippen LogP contribution is -2.41. The lowest BCUT2D eigenvalue weighted by Gasteiger charge is -2.23. The maximum Gasteiger partial charge on any atom is 0.347 e. The van der Waals surface area contributed by atoms with Crippen molar-refractivity contribution < 1.29 is 18.3 Å². The number of carboxylic acids is 1. The van der Waals surface area contributed by atoms with E-state index in [0.717, 1.165) is 11.3 Å². The Morgan fingerprint density at radius 3 is 2.57 bits per heavy atom. The zero-order chi connectivity index (χ0) is 15.8. The fourth-order valence-corrected chi connectivity index (χ4v) is 5.67. The zero-order valence-electron chi connectivity index (χ0n) is 11.6. The van der Waals surface area contributed by atoms with E-state index in [0.29, 0.717) is 10.6 Å². The lowest BCUT2D eigenvalue weighted by atomic mass is 10.1. The molecule has 0 amide bonds. The summed E-state index contributed by atoms with van der Waals surface area (Å²) in [4.78, 5) is 14.9. The molecule has 0 bridgehead atoms. The van der Waals surface area contributed by atoms with Gasteiger partial charge in [0.05, 0.1) is 5.54 Å². The van der Waals surface area contributed by atoms with Crippen LogP contribution in [-0.4, -0.2) is 24.5 Å². The topological polar surface area (TPSA) is 96.4 Å². The fourth-order valence-electron chi connectivity index (χ4n) is 1.88. The Hall–Kier alpha value is -1.29. The van der Waals surface area contributed by atoms with E-state index in [9.17, 15) is 13.2 Å². The van der Waals surface area contributed by atoms with E-state index in [4.69, 9.17) is 5.11 Å². The number of thiophene rings is 1. The number of carbonyl (C=O) groups is 1. The highest BCUT2D eigenvalue weighted by Crippen LogP contribution is 2.30. The van der Waals surface area contributed by atoms with Gasteiger partial charge in [0, 0.05) is 11.6 Å². The molecule has 2 N–H and O–H groups in total. The first kappa shape index (κ1) is 16.1. The van der Waals surface area contributed by atoms with E-state index in [1.807, 2.05) is 0 Å². The molecule has 9 heteroatoms. The number of nitrogens with one attached hydrogen (secondary N) is 1. The number of hydrogen-bond acceptors (Lipinski definition) is 6. The molecule has 0 aromatic carbocycles. The fraction of sp³-hybridized carbons (Fsp3) is 0.333. The summed E-state index contributed by atoms with van der Waals surface area (Å²) in [7, 11) is -3.96. The monoisotopic (exact) mass is 346 g/mol. The van der Waals surface area contributed by atoms with Gasteiger partial charge in [-0.05, 0) is 31.7 Å². The van der Waals surface area contributed by atoms with Crippen LogP contribution in [0.3, 0.4) is 0 Å². The van der Waals surface area contributed by atoms with Crippen LogP contribution in [0.4, 0.5) is 0 Å². The van der Waals surface area contributed by atoms with Crippen LogP contribution in [0.2, 0.25) is 0 Å². The smallest absolute Gasteiger partial charge is 0.347 e. The highest BCUT2D eigenvalue weighted by Gasteiger charge is 2.34. The molecule has 0 radical (unpaired) electrons. The summed E-state index contributed by atoms with van der Waals surface area (Å²) in [6.07, 6.45) is 1.59. The van der Waals surface area contributed by atoms with Gasteiger partial charge in [0.2, 0.25) is 10.0 Å². The van der Waals surface area contributed by atoms with Crippen molar-refractivity contribution in [3.8, 4) is 0 Å². The molecule has 2 aromatic heterocycles. The minimum atomic E-state index is -3.96. The summed E-state index contributed by atoms with van der Waals surface area (Å²) in [5, 5.41) is 13.0. The van der Waals surface area contributed by atoms with Gasteiger partial charge in [-0.15, -0.1) is 22.7 Å². The minimum Gasteiger partial charge on any atom is -0.477 e. The Balaban J connectivity index is 2.45. The normalized spacial score (nSPS) is 12.5. The summed E-state index contributed by atoms with van der Waals surface area (Å²) in [5.41, 5.74) is -0.503. The predicted octanol–water partition coefficient (Wildman–Crippen LogP) is 2.42. The first-order chi connectivity index (χ1) is 9.65. The van der Waals surface area contributed by atoms with Gasteiger partial charge in [-0.3, -0.25) is 0 Å². The van der Waals surface area contributed by atoms with Crippen LogP contribution in [0, 0.1) is 6.92 Å². The maximum absolute atomic E-state index is 12.6. The molecule has 0 spiro atoms. The van der Waals surface area contributed by atoms with Crippen molar-refractivity contribution in [3.05, 3.63) is 32.4 Å². The van der Waals surface area contributed by atoms with Crippen molar-refractivity contribution in [2.24, 2.45) is 0 Å². The van der Waals surface area contributed by atoms with Gasteiger partial charge in [0.15, 0.2) is 0 Å². The molecule has 0 saturated heterocycles. The van der Waals surface area contributed by atoms with Gasteiger partial charge in [-0.25, -0.2) is 18.2 Å². The molecule has 0 aliphatic carbocycles. The Labute approximate surface area is 130 Å². The molecule has 0 unspecified atom stereocenters. The zero-order valence-corrected chi connectivity index (χ0v) is 14.0. The van der Waals surface area contributed by atoms with Gasteiger partial charge < -0.3 is 5.11 Å². The number of hydrogen-bond donors (Lipinski definition) is 2. The van der Waals surface area contributed by atoms with Crippen molar-refractivity contribution in [1.29, 1.82) is 0 Å². The number of thiazole rings is 1. The second-order valence-electron chi connectivity index (χ2n) is 4.95. The molecule has 114 valence electrons. The average Bonchev–Trinajstić information content (AvgIpc) is 2.95. The van der Waals surface area contributed by atoms with Gasteiger partial charge in [-0.1, -0.05) is 0 Å². The molecule has 2 rings (SSSR count). The maximum atomic E-state index is 12.6. The highest BCUT2D eigenvalue weighted by molar-refractivity contribution is 7.89. The third-order valence-electron chi connectivity index (χ3n) is 2.74. The van der Waals surface area contributed by atoms with Gasteiger partial charge in [0.1, 0.15) is 14.8 Å². The number of sulfonamides is 1. The van der Waals surface area contributed by atoms with Crippen LogP contribution in [0.25, 0.3) is 0 Å². The summed E-state index contributed by atoms with van der Waals surface area (Å²) in [6.45, 7) is 4.95. The third kappa shape index (κ3) is 3.15. The highest BCUT2D eigenvalue weighted by atomic mass is 32.2. The molecule has 0 aliphatic heterocycles. The number of rotatable bonds is 5. The van der Waals surface area contributed by atoms with Crippen LogP contribution in [0.15, 0.2) is 21.9 Å². The third-order valence-corrected chi connectivity index (χ3v) is 6.89. The first-order valence-electron chi connectivity index (χ1n) is 5.90. The molecule has 21 heavy (non-hydrogen) atoms. The predicted molar refractivity (Wildman–Crippen MR) is 81.5 cm³/mol. The molecule has 0 atom stereocenters. The number of aromatic nitrogens is 1. The molecule has 6 nitrogen and oxygen atoms in total. The summed E-state index contributed by atoms with van der Waals surface area (Å²) in [5.74, 6) is -1.25. The SMILES string of the molecule is Cc1csc(C(=O)O)c1S(=O)(=O)NC(C)(C)c1nccs1. The molecule has 0 saturated carbocycles. The molecule has 2 heterocycles. The average molecular weight is 346 g/mol. The Morgan fingerprint density at radius 2 is 2.05 bits per heavy atom. The van der Waals surface area contributed by atoms with E-state index in [2.05, 4.69) is 9.71 Å². The minimum absolute atomic E-state index is 0.176. The molecule has 0 fully saturated rings. The standard InChI is InChI=1S/C12H14N2O4S3/c1-7-6-20-8(10(15)16)9(7)21(17,18)14-12(2,3)11-13-4-5-19-11/h4-6,14H,1-3H3,(H,15,16). The number of aromatic carboxylic acids is 1. The lowest BCUT2D eigenvalue weighted by molar-refractivity contribution is 0.0698. The quantitative estimate of drug-likeness (QED) is 0.867. The van der Waals surface area contributed by atoms with Crippen molar-refractivity contribution in [2.75, 3.05) is 0 Å². The first-order valence-corrected chi connectivity index (χ1v) is 9.15. The van der Waals surface area contributed by atoms with Crippen molar-refractivity contribution in [1.82, 2.24) is 9.71 Å². The molecular formula is C12H14N2O4S3. The van der Waals surface area contributed by atoms with Crippen LogP contribution < -0.4 is 4.72 Å². The summed E-state index contributed by atoms with van der Waals surface area (Å²) >= 11 is 2.23. The van der Waals surface area contributed by atoms with Crippen LogP contribution >= 0.6 is 22.7 Å². The molecular weight excluding hydrogens is 332 g/mol. The Morgan fingerprint density at radius 1 is 1.38 bits per heavy atom. The number of aryl methyl sites for hydroxylation is 1. The van der Waals surface area contributed by atoms with E-state index >= 15 is 0 Å². The second-order valence-corrected chi connectivity index (χ2v) is 8.34. The van der Waals surface area contributed by atoms with Gasteiger partial charge >= 0.3 is 5.97 Å². The number of nitrogens with zero attached hydrogens (tertiary/aromatic N) is 1. The summed E-state index contributed by atoms with van der Waals surface area (Å²) in [6, 6.07) is 0. The summed E-state index contributed by atoms with van der Waals surface area (Å²) < 4.78 is 27.7. The largest absolute Gasteiger partial charge is 0.477 e. The van der Waals surface area contributed by atoms with Crippen molar-refractivity contribution >= 4 is 38.7 Å². The van der Waals surface area contributed by atoms with E-state index in [-0.39, 0.29) is 9.77 Å². The van der Waals surface area contributed by atoms with Crippen molar-refractivity contribution in [2.45, 2.75) is 31.2 Å². The van der Waals surface area contributed by atoms with E-state index in [1.165, 1.54) is 16.7 Å². The van der Waals surface area contributed by atoms with Gasteiger partial charge in [0.25, 0.3) is 0 Å². The van der Waals surface area contributed by atoms with E-state index < -0.39 is 21.5 Å². The van der Waals surface area contributed by atoms with Crippen LogP contribution in [-0.2, 0) is 15.6 Å². The second kappa shape index (κ2) is 5.48. The molecule has 0 aliphatic rings. The van der Waals surface area contributed by atoms with Crippen LogP contribution in [0.5, 0.6) is 0 Å². The molecule has 2 aromatic rings. The Kier molecular flexibility index (Phi) is 4.20. The number of carboxylic acid groups (broad SMARTS) is 1.